The van der Waals surface area contributed by atoms with Gasteiger partial charge in [0.2, 0.25) is 0 Å². The summed E-state index contributed by atoms with van der Waals surface area (Å²) in [6, 6.07) is 10.1. The lowest BCUT2D eigenvalue weighted by atomic mass is 10.1. The fourth-order valence-corrected chi connectivity index (χ4v) is 4.29. The maximum Gasteiger partial charge on any atom is 0.269 e. The van der Waals surface area contributed by atoms with Crippen molar-refractivity contribution in [3.63, 3.8) is 0 Å². The van der Waals surface area contributed by atoms with Crippen LogP contribution in [0.25, 0.3) is 0 Å². The van der Waals surface area contributed by atoms with Crippen molar-refractivity contribution in [2.75, 3.05) is 14.2 Å². The average Bonchev–Trinajstić information content (AvgIpc) is 2.74. The largest absolute Gasteiger partial charge is 0.493 e. The van der Waals surface area contributed by atoms with E-state index in [0.29, 0.717) is 5.75 Å². The summed E-state index contributed by atoms with van der Waals surface area (Å²) in [5.41, 5.74) is 1.84. The Balaban J connectivity index is 2.07. The number of benzene rings is 2. The minimum absolute atomic E-state index is 0.0117. The van der Waals surface area contributed by atoms with E-state index in [1.54, 1.807) is 6.07 Å². The highest BCUT2D eigenvalue weighted by molar-refractivity contribution is 7.90. The number of carbonyl (C=O) groups is 1. The molecule has 0 unspecified atom stereocenters. The third-order valence-corrected chi connectivity index (χ3v) is 5.69. The molecule has 0 fully saturated rings. The first kappa shape index (κ1) is 16.3. The molecule has 126 valence electrons. The summed E-state index contributed by atoms with van der Waals surface area (Å²) in [7, 11) is -1.07. The molecule has 1 aliphatic rings. The minimum atomic E-state index is -3.92. The second kappa shape index (κ2) is 5.83. The number of hydrogen-bond donors (Lipinski definition) is 0. The Hall–Kier alpha value is -2.54. The van der Waals surface area contributed by atoms with Gasteiger partial charge in [-0.2, -0.15) is 0 Å². The summed E-state index contributed by atoms with van der Waals surface area (Å²) in [5, 5.41) is 0. The summed E-state index contributed by atoms with van der Waals surface area (Å²) in [5.74, 6) is 0.0229. The first-order valence-electron chi connectivity index (χ1n) is 7.27. The van der Waals surface area contributed by atoms with Crippen LogP contribution >= 0.6 is 0 Å². The SMILES string of the molecule is COc1cc2c(cc1OC)S(=O)(=O)N(Cc1cccc(C)c1)C2=O. The minimum Gasteiger partial charge on any atom is -0.493 e. The molecule has 0 spiro atoms. The van der Waals surface area contributed by atoms with Crippen LogP contribution in [0.2, 0.25) is 0 Å². The number of sulfonamides is 1. The van der Waals surface area contributed by atoms with Crippen molar-refractivity contribution >= 4 is 15.9 Å². The fraction of sp³-hybridized carbons (Fsp3) is 0.235. The Bertz CT molecular complexity index is 921. The average molecular weight is 347 g/mol. The van der Waals surface area contributed by atoms with E-state index in [2.05, 4.69) is 0 Å². The standard InChI is InChI=1S/C17H17NO5S/c1-11-5-4-6-12(7-11)10-18-17(19)13-8-14(22-2)15(23-3)9-16(13)24(18,20)21/h4-9H,10H2,1-3H3. The molecule has 1 amide bonds. The molecule has 1 aliphatic heterocycles. The highest BCUT2D eigenvalue weighted by Gasteiger charge is 2.42. The molecule has 2 aromatic carbocycles. The van der Waals surface area contributed by atoms with Gasteiger partial charge in [-0.1, -0.05) is 29.8 Å². The maximum atomic E-state index is 12.8. The summed E-state index contributed by atoms with van der Waals surface area (Å²) < 4.78 is 36.7. The quantitative estimate of drug-likeness (QED) is 0.849. The molecule has 0 aliphatic carbocycles. The molecule has 0 atom stereocenters. The van der Waals surface area contributed by atoms with Gasteiger partial charge in [-0.15, -0.1) is 0 Å². The van der Waals surface area contributed by atoms with Crippen LogP contribution in [0.3, 0.4) is 0 Å². The zero-order chi connectivity index (χ0) is 17.5. The van der Waals surface area contributed by atoms with Crippen molar-refractivity contribution in [2.24, 2.45) is 0 Å². The van der Waals surface area contributed by atoms with Crippen LogP contribution in [-0.2, 0) is 16.6 Å². The van der Waals surface area contributed by atoms with Crippen LogP contribution in [0.4, 0.5) is 0 Å². The molecule has 1 heterocycles. The van der Waals surface area contributed by atoms with E-state index in [9.17, 15) is 13.2 Å². The molecule has 6 nitrogen and oxygen atoms in total. The summed E-state index contributed by atoms with van der Waals surface area (Å²) >= 11 is 0. The van der Waals surface area contributed by atoms with E-state index in [4.69, 9.17) is 9.47 Å². The van der Waals surface area contributed by atoms with Crippen LogP contribution < -0.4 is 9.47 Å². The Labute approximate surface area is 140 Å². The van der Waals surface area contributed by atoms with Crippen molar-refractivity contribution in [2.45, 2.75) is 18.4 Å². The molecule has 0 saturated heterocycles. The highest BCUT2D eigenvalue weighted by Crippen LogP contribution is 2.39. The van der Waals surface area contributed by atoms with Crippen molar-refractivity contribution in [3.05, 3.63) is 53.1 Å². The van der Waals surface area contributed by atoms with Gasteiger partial charge in [-0.3, -0.25) is 4.79 Å². The van der Waals surface area contributed by atoms with E-state index in [1.165, 1.54) is 26.4 Å². The van der Waals surface area contributed by atoms with Crippen LogP contribution in [0.1, 0.15) is 21.5 Å². The zero-order valence-electron chi connectivity index (χ0n) is 13.6. The molecule has 7 heteroatoms. The lowest BCUT2D eigenvalue weighted by Gasteiger charge is -2.15. The number of methoxy groups -OCH3 is 2. The predicted molar refractivity (Wildman–Crippen MR) is 87.8 cm³/mol. The van der Waals surface area contributed by atoms with E-state index < -0.39 is 15.9 Å². The van der Waals surface area contributed by atoms with Gasteiger partial charge in [-0.05, 0) is 18.6 Å². The topological polar surface area (TPSA) is 72.9 Å². The number of carbonyl (C=O) groups excluding carboxylic acids is 1. The smallest absolute Gasteiger partial charge is 0.269 e. The van der Waals surface area contributed by atoms with Gasteiger partial charge in [0.05, 0.1) is 26.3 Å². The van der Waals surface area contributed by atoms with E-state index in [1.807, 2.05) is 25.1 Å². The summed E-state index contributed by atoms with van der Waals surface area (Å²) in [4.78, 5) is 12.6. The van der Waals surface area contributed by atoms with Crippen LogP contribution in [0.15, 0.2) is 41.3 Å². The van der Waals surface area contributed by atoms with Gasteiger partial charge in [0.15, 0.2) is 11.5 Å². The molecule has 0 radical (unpaired) electrons. The Morgan fingerprint density at radius 2 is 1.71 bits per heavy atom. The first-order valence-corrected chi connectivity index (χ1v) is 8.71. The van der Waals surface area contributed by atoms with Crippen molar-refractivity contribution in [1.29, 1.82) is 0 Å². The molecule has 0 saturated carbocycles. The lowest BCUT2D eigenvalue weighted by molar-refractivity contribution is 0.0864. The normalized spacial score (nSPS) is 15.3. The number of rotatable bonds is 4. The molecular formula is C17H17NO5S. The lowest BCUT2D eigenvalue weighted by Crippen LogP contribution is -2.29. The maximum absolute atomic E-state index is 12.8. The first-order chi connectivity index (χ1) is 11.4. The number of amides is 1. The second-order valence-electron chi connectivity index (χ2n) is 5.51. The van der Waals surface area contributed by atoms with E-state index >= 15 is 0 Å². The van der Waals surface area contributed by atoms with E-state index in [0.717, 1.165) is 15.4 Å². The summed E-state index contributed by atoms with van der Waals surface area (Å²) in [6.07, 6.45) is 0. The Kier molecular flexibility index (Phi) is 3.96. The van der Waals surface area contributed by atoms with Gasteiger partial charge in [-0.25, -0.2) is 12.7 Å². The third kappa shape index (κ3) is 2.50. The van der Waals surface area contributed by atoms with Gasteiger partial charge < -0.3 is 9.47 Å². The molecule has 0 bridgehead atoms. The number of aryl methyl sites for hydroxylation is 1. The third-order valence-electron chi connectivity index (χ3n) is 3.92. The second-order valence-corrected chi connectivity index (χ2v) is 7.34. The molecule has 0 N–H and O–H groups in total. The summed E-state index contributed by atoms with van der Waals surface area (Å²) in [6.45, 7) is 1.90. The van der Waals surface area contributed by atoms with Crippen molar-refractivity contribution in [3.8, 4) is 11.5 Å². The fourth-order valence-electron chi connectivity index (χ4n) is 2.74. The Morgan fingerprint density at radius 3 is 2.33 bits per heavy atom. The van der Waals surface area contributed by atoms with Gasteiger partial charge in [0.1, 0.15) is 4.90 Å². The monoisotopic (exact) mass is 347 g/mol. The van der Waals surface area contributed by atoms with Crippen LogP contribution in [-0.4, -0.2) is 32.8 Å². The van der Waals surface area contributed by atoms with Crippen molar-refractivity contribution in [1.82, 2.24) is 4.31 Å². The highest BCUT2D eigenvalue weighted by atomic mass is 32.2. The molecule has 2 aromatic rings. The van der Waals surface area contributed by atoms with Crippen molar-refractivity contribution < 1.29 is 22.7 Å². The van der Waals surface area contributed by atoms with Crippen LogP contribution in [0.5, 0.6) is 11.5 Å². The zero-order valence-corrected chi connectivity index (χ0v) is 14.4. The number of fused-ring (bicyclic) bond motifs is 1. The van der Waals surface area contributed by atoms with Gasteiger partial charge in [0.25, 0.3) is 15.9 Å². The van der Waals surface area contributed by atoms with Gasteiger partial charge in [0, 0.05) is 6.07 Å². The molecular weight excluding hydrogens is 330 g/mol. The molecule has 0 aromatic heterocycles. The Morgan fingerprint density at radius 1 is 1.04 bits per heavy atom. The predicted octanol–water partition coefficient (Wildman–Crippen LogP) is 2.36. The number of nitrogens with zero attached hydrogens (tertiary/aromatic N) is 1. The molecule has 3 rings (SSSR count). The number of ether oxygens (including phenoxy) is 2. The van der Waals surface area contributed by atoms with Gasteiger partial charge >= 0.3 is 0 Å². The molecule has 24 heavy (non-hydrogen) atoms. The van der Waals surface area contributed by atoms with E-state index in [-0.39, 0.29) is 22.8 Å². The number of hydrogen-bond acceptors (Lipinski definition) is 5. The van der Waals surface area contributed by atoms with Crippen LogP contribution in [0, 0.1) is 6.92 Å².